The highest BCUT2D eigenvalue weighted by molar-refractivity contribution is 7.99. The normalized spacial score (nSPS) is 13.0. The van der Waals surface area contributed by atoms with Crippen LogP contribution in [0.4, 0.5) is 0 Å². The van der Waals surface area contributed by atoms with Gasteiger partial charge in [-0.15, -0.1) is 0 Å². The fraction of sp³-hybridized carbons (Fsp3) is 0.615. The first-order valence-corrected chi connectivity index (χ1v) is 8.10. The summed E-state index contributed by atoms with van der Waals surface area (Å²) in [6, 6.07) is 0. The van der Waals surface area contributed by atoms with Crippen LogP contribution in [0.2, 0.25) is 0 Å². The van der Waals surface area contributed by atoms with Gasteiger partial charge in [-0.05, 0) is 12.8 Å². The van der Waals surface area contributed by atoms with Crippen LogP contribution >= 0.6 is 24.0 Å². The molecular formula is C13H20N4OS2. The number of H-pyrrole nitrogens is 1. The Bertz CT molecular complexity index is 728. The second-order valence-corrected chi connectivity index (χ2v) is 6.56. The molecule has 2 rings (SSSR count). The van der Waals surface area contributed by atoms with E-state index in [9.17, 15) is 4.79 Å². The number of hydrogen-bond donors (Lipinski definition) is 1. The van der Waals surface area contributed by atoms with Gasteiger partial charge >= 0.3 is 5.69 Å². The number of nitrogens with zero attached hydrogens (tertiary/aromatic N) is 3. The van der Waals surface area contributed by atoms with Crippen molar-refractivity contribution in [3.63, 3.8) is 0 Å². The van der Waals surface area contributed by atoms with E-state index >= 15 is 0 Å². The molecular weight excluding hydrogens is 292 g/mol. The second kappa shape index (κ2) is 6.13. The molecule has 1 N–H and O–H groups in total. The number of fused-ring (bicyclic) bond motifs is 1. The average molecular weight is 312 g/mol. The molecule has 0 amide bonds. The molecule has 20 heavy (non-hydrogen) atoms. The topological polar surface area (TPSA) is 55.6 Å². The molecule has 2 heterocycles. The molecule has 0 radical (unpaired) electrons. The monoisotopic (exact) mass is 312 g/mol. The molecule has 110 valence electrons. The summed E-state index contributed by atoms with van der Waals surface area (Å²) in [5, 5.41) is 1.38. The summed E-state index contributed by atoms with van der Waals surface area (Å²) in [5.41, 5.74) is 1.25. The van der Waals surface area contributed by atoms with Gasteiger partial charge in [-0.25, -0.2) is 9.78 Å². The van der Waals surface area contributed by atoms with Crippen LogP contribution in [0, 0.1) is 4.64 Å². The van der Waals surface area contributed by atoms with Crippen molar-refractivity contribution in [3.8, 4) is 0 Å². The zero-order valence-electron chi connectivity index (χ0n) is 12.3. The zero-order chi connectivity index (χ0) is 14.9. The largest absolute Gasteiger partial charge is 0.330 e. The maximum absolute atomic E-state index is 12.0. The molecule has 5 nitrogen and oxygen atoms in total. The second-order valence-electron chi connectivity index (χ2n) is 4.88. The van der Waals surface area contributed by atoms with Crippen molar-refractivity contribution in [1.82, 2.24) is 19.1 Å². The van der Waals surface area contributed by atoms with Gasteiger partial charge in [-0.3, -0.25) is 9.13 Å². The lowest BCUT2D eigenvalue weighted by atomic mass is 10.2. The predicted molar refractivity (Wildman–Crippen MR) is 86.0 cm³/mol. The average Bonchev–Trinajstić information content (AvgIpc) is 2.86. The number of aromatic amines is 1. The van der Waals surface area contributed by atoms with Gasteiger partial charge in [0.25, 0.3) is 0 Å². The van der Waals surface area contributed by atoms with Gasteiger partial charge < -0.3 is 4.98 Å². The summed E-state index contributed by atoms with van der Waals surface area (Å²) >= 11 is 7.05. The Labute approximate surface area is 127 Å². The van der Waals surface area contributed by atoms with E-state index in [1.54, 1.807) is 25.9 Å². The van der Waals surface area contributed by atoms with Crippen molar-refractivity contribution in [2.75, 3.05) is 0 Å². The molecule has 0 unspecified atom stereocenters. The Hall–Kier alpha value is -1.08. The molecule has 0 saturated heterocycles. The van der Waals surface area contributed by atoms with E-state index < -0.39 is 0 Å². The molecule has 1 atom stereocenters. The molecule has 2 aromatic heterocycles. The minimum absolute atomic E-state index is 0.147. The van der Waals surface area contributed by atoms with Gasteiger partial charge in [0, 0.05) is 19.3 Å². The number of rotatable bonds is 5. The maximum atomic E-state index is 12.0. The number of imidazole rings is 1. The Balaban J connectivity index is 2.49. The van der Waals surface area contributed by atoms with Crippen molar-refractivity contribution in [2.45, 2.75) is 43.5 Å². The highest BCUT2D eigenvalue weighted by atomic mass is 32.2. The van der Waals surface area contributed by atoms with Crippen LogP contribution in [0.5, 0.6) is 0 Å². The van der Waals surface area contributed by atoms with Crippen molar-refractivity contribution in [1.29, 1.82) is 0 Å². The molecule has 0 aliphatic rings. The SMILES string of the molecule is CCC[C@@H](CC)Sc1nc2c([nH]1)c(=S)n(C)c(=O)n2C. The molecule has 0 aromatic carbocycles. The summed E-state index contributed by atoms with van der Waals surface area (Å²) in [4.78, 5) is 19.8. The fourth-order valence-corrected chi connectivity index (χ4v) is 3.54. The quantitative estimate of drug-likeness (QED) is 0.681. The van der Waals surface area contributed by atoms with Crippen LogP contribution in [0.1, 0.15) is 33.1 Å². The van der Waals surface area contributed by atoms with Gasteiger partial charge in [0.1, 0.15) is 10.2 Å². The van der Waals surface area contributed by atoms with Crippen LogP contribution in [0.25, 0.3) is 11.2 Å². The highest BCUT2D eigenvalue weighted by Gasteiger charge is 2.14. The summed E-state index contributed by atoms with van der Waals surface area (Å²) in [6.45, 7) is 4.37. The first-order valence-electron chi connectivity index (χ1n) is 6.81. The van der Waals surface area contributed by atoms with E-state index in [-0.39, 0.29) is 5.69 Å². The Morgan fingerprint density at radius 2 is 2.05 bits per heavy atom. The van der Waals surface area contributed by atoms with Crippen molar-refractivity contribution >= 4 is 35.1 Å². The highest BCUT2D eigenvalue weighted by Crippen LogP contribution is 2.27. The van der Waals surface area contributed by atoms with Crippen LogP contribution in [-0.4, -0.2) is 24.4 Å². The predicted octanol–water partition coefficient (Wildman–Crippen LogP) is 3.00. The lowest BCUT2D eigenvalue weighted by Gasteiger charge is -2.10. The van der Waals surface area contributed by atoms with Gasteiger partial charge in [-0.2, -0.15) is 0 Å². The van der Waals surface area contributed by atoms with E-state index in [0.29, 0.717) is 15.5 Å². The molecule has 0 saturated carbocycles. The molecule has 2 aromatic rings. The molecule has 0 spiro atoms. The number of thioether (sulfide) groups is 1. The number of aryl methyl sites for hydroxylation is 1. The van der Waals surface area contributed by atoms with Gasteiger partial charge in [-0.1, -0.05) is 44.2 Å². The minimum atomic E-state index is -0.147. The summed E-state index contributed by atoms with van der Waals surface area (Å²) in [6.07, 6.45) is 3.42. The third-order valence-electron chi connectivity index (χ3n) is 3.42. The van der Waals surface area contributed by atoms with Crippen molar-refractivity contribution in [2.24, 2.45) is 14.1 Å². The van der Waals surface area contributed by atoms with Gasteiger partial charge in [0.15, 0.2) is 10.8 Å². The standard InChI is InChI=1S/C13H20N4OS2/c1-5-7-8(6-2)20-12-14-9-10(15-12)16(3)13(18)17(4)11(9)19/h8H,5-7H2,1-4H3,(H,14,15)/t8-/m1/s1. The van der Waals surface area contributed by atoms with E-state index in [2.05, 4.69) is 23.8 Å². The van der Waals surface area contributed by atoms with Gasteiger partial charge in [0.2, 0.25) is 0 Å². The number of aromatic nitrogens is 4. The summed E-state index contributed by atoms with van der Waals surface area (Å²) in [7, 11) is 3.40. The third-order valence-corrected chi connectivity index (χ3v) is 5.21. The first kappa shape index (κ1) is 15.3. The molecule has 0 aliphatic heterocycles. The minimum Gasteiger partial charge on any atom is -0.329 e. The summed E-state index contributed by atoms with van der Waals surface area (Å²) < 4.78 is 3.51. The van der Waals surface area contributed by atoms with Crippen LogP contribution in [-0.2, 0) is 14.1 Å². The smallest absolute Gasteiger partial charge is 0.329 e. The van der Waals surface area contributed by atoms with E-state index in [1.807, 2.05) is 0 Å². The molecule has 0 bridgehead atoms. The number of hydrogen-bond acceptors (Lipinski definition) is 4. The number of nitrogens with one attached hydrogen (secondary N) is 1. The first-order chi connectivity index (χ1) is 9.49. The van der Waals surface area contributed by atoms with Crippen molar-refractivity contribution < 1.29 is 0 Å². The molecule has 7 heteroatoms. The lowest BCUT2D eigenvalue weighted by molar-refractivity contribution is 0.716. The van der Waals surface area contributed by atoms with E-state index in [1.165, 1.54) is 9.13 Å². The Kier molecular flexibility index (Phi) is 4.70. The third kappa shape index (κ3) is 2.69. The van der Waals surface area contributed by atoms with E-state index in [0.717, 1.165) is 29.9 Å². The van der Waals surface area contributed by atoms with Crippen LogP contribution in [0.3, 0.4) is 0 Å². The molecule has 0 aliphatic carbocycles. The summed E-state index contributed by atoms with van der Waals surface area (Å²) in [5.74, 6) is 0. The van der Waals surface area contributed by atoms with E-state index in [4.69, 9.17) is 12.2 Å². The van der Waals surface area contributed by atoms with Crippen LogP contribution < -0.4 is 5.69 Å². The van der Waals surface area contributed by atoms with Crippen LogP contribution in [0.15, 0.2) is 9.95 Å². The maximum Gasteiger partial charge on any atom is 0.330 e. The molecule has 0 fully saturated rings. The van der Waals surface area contributed by atoms with Crippen molar-refractivity contribution in [3.05, 3.63) is 15.1 Å². The van der Waals surface area contributed by atoms with Gasteiger partial charge in [0.05, 0.1) is 0 Å². The zero-order valence-corrected chi connectivity index (χ0v) is 13.9. The Morgan fingerprint density at radius 3 is 2.65 bits per heavy atom. The lowest BCUT2D eigenvalue weighted by Crippen LogP contribution is -2.27. The fourth-order valence-electron chi connectivity index (χ4n) is 2.19. The Morgan fingerprint density at radius 1 is 1.35 bits per heavy atom.